The summed E-state index contributed by atoms with van der Waals surface area (Å²) in [6, 6.07) is 18.9. The van der Waals surface area contributed by atoms with E-state index in [0.29, 0.717) is 6.54 Å². The third kappa shape index (κ3) is 5.92. The lowest BCUT2D eigenvalue weighted by Gasteiger charge is -2.40. The van der Waals surface area contributed by atoms with Gasteiger partial charge in [-0.3, -0.25) is 9.69 Å². The molecule has 1 atom stereocenters. The topological polar surface area (TPSA) is 38.8 Å². The van der Waals surface area contributed by atoms with E-state index in [1.165, 1.54) is 30.3 Å². The standard InChI is InChI=1S/C27H29ClF2N4O/c1-32(2)21-10-6-19(7-11-21)25(18-31-27(35)26-23(28)4-3-5-24(26)30)34-16-14-33(15-17-34)22-12-8-20(29)9-13-22/h3-13,25H,14-18H2,1-2H3,(H,31,35)/t25-/m0/s1. The molecule has 1 amide bonds. The van der Waals surface area contributed by atoms with Gasteiger partial charge in [-0.15, -0.1) is 0 Å². The molecule has 8 heteroatoms. The summed E-state index contributed by atoms with van der Waals surface area (Å²) < 4.78 is 27.6. The summed E-state index contributed by atoms with van der Waals surface area (Å²) in [5.41, 5.74) is 2.99. The van der Waals surface area contributed by atoms with E-state index in [1.807, 2.05) is 31.1 Å². The highest BCUT2D eigenvalue weighted by Crippen LogP contribution is 2.26. The molecule has 0 aromatic heterocycles. The molecule has 1 N–H and O–H groups in total. The number of nitrogens with one attached hydrogen (secondary N) is 1. The van der Waals surface area contributed by atoms with Gasteiger partial charge in [-0.05, 0) is 54.1 Å². The van der Waals surface area contributed by atoms with Crippen LogP contribution in [0.3, 0.4) is 0 Å². The van der Waals surface area contributed by atoms with Gasteiger partial charge in [0.2, 0.25) is 0 Å². The third-order valence-corrected chi connectivity index (χ3v) is 6.70. The lowest BCUT2D eigenvalue weighted by atomic mass is 10.0. The Morgan fingerprint density at radius 1 is 0.971 bits per heavy atom. The van der Waals surface area contributed by atoms with Gasteiger partial charge in [-0.2, -0.15) is 0 Å². The fourth-order valence-electron chi connectivity index (χ4n) is 4.39. The lowest BCUT2D eigenvalue weighted by Crippen LogP contribution is -2.50. The van der Waals surface area contributed by atoms with Crippen LogP contribution in [0.5, 0.6) is 0 Å². The molecule has 1 fully saturated rings. The molecule has 1 aliphatic rings. The van der Waals surface area contributed by atoms with Crippen molar-refractivity contribution in [2.75, 3.05) is 56.6 Å². The van der Waals surface area contributed by atoms with Gasteiger partial charge in [0.25, 0.3) is 5.91 Å². The van der Waals surface area contributed by atoms with Crippen molar-refractivity contribution < 1.29 is 13.6 Å². The highest BCUT2D eigenvalue weighted by Gasteiger charge is 2.27. The van der Waals surface area contributed by atoms with Gasteiger partial charge in [0, 0.05) is 58.2 Å². The third-order valence-electron chi connectivity index (χ3n) is 6.39. The van der Waals surface area contributed by atoms with Crippen LogP contribution in [0.4, 0.5) is 20.2 Å². The number of carbonyl (C=O) groups excluding carboxylic acids is 1. The van der Waals surface area contributed by atoms with Crippen molar-refractivity contribution in [3.63, 3.8) is 0 Å². The second kappa shape index (κ2) is 11.1. The molecule has 35 heavy (non-hydrogen) atoms. The minimum atomic E-state index is -0.644. The molecular weight excluding hydrogens is 470 g/mol. The van der Waals surface area contributed by atoms with Crippen molar-refractivity contribution >= 4 is 28.9 Å². The summed E-state index contributed by atoms with van der Waals surface area (Å²) in [7, 11) is 3.97. The number of benzene rings is 3. The molecule has 0 radical (unpaired) electrons. The van der Waals surface area contributed by atoms with Gasteiger partial charge >= 0.3 is 0 Å². The Kier molecular flexibility index (Phi) is 7.88. The average Bonchev–Trinajstić information content (AvgIpc) is 2.85. The predicted octanol–water partition coefficient (Wildman–Crippen LogP) is 4.98. The van der Waals surface area contributed by atoms with Gasteiger partial charge in [0.05, 0.1) is 16.6 Å². The number of amides is 1. The maximum Gasteiger partial charge on any atom is 0.255 e. The molecule has 3 aromatic rings. The van der Waals surface area contributed by atoms with E-state index in [-0.39, 0.29) is 22.4 Å². The normalized spacial score (nSPS) is 15.1. The molecule has 0 bridgehead atoms. The van der Waals surface area contributed by atoms with Crippen LogP contribution in [0.2, 0.25) is 5.02 Å². The summed E-state index contributed by atoms with van der Waals surface area (Å²) in [6.07, 6.45) is 0. The first-order valence-electron chi connectivity index (χ1n) is 11.6. The second-order valence-electron chi connectivity index (χ2n) is 8.81. The molecule has 0 saturated carbocycles. The van der Waals surface area contributed by atoms with Crippen LogP contribution < -0.4 is 15.1 Å². The molecule has 0 unspecified atom stereocenters. The summed E-state index contributed by atoms with van der Waals surface area (Å²) in [5, 5.41) is 2.98. The van der Waals surface area contributed by atoms with Crippen LogP contribution in [0.25, 0.3) is 0 Å². The van der Waals surface area contributed by atoms with Crippen molar-refractivity contribution in [2.45, 2.75) is 6.04 Å². The monoisotopic (exact) mass is 498 g/mol. The lowest BCUT2D eigenvalue weighted by molar-refractivity contribution is 0.0926. The number of hydrogen-bond donors (Lipinski definition) is 1. The molecule has 5 nitrogen and oxygen atoms in total. The Morgan fingerprint density at radius 3 is 2.23 bits per heavy atom. The molecule has 184 valence electrons. The van der Waals surface area contributed by atoms with E-state index in [1.54, 1.807) is 12.1 Å². The van der Waals surface area contributed by atoms with Gasteiger partial charge in [-0.25, -0.2) is 8.78 Å². The zero-order valence-electron chi connectivity index (χ0n) is 19.8. The second-order valence-corrected chi connectivity index (χ2v) is 9.22. The number of piperazine rings is 1. The van der Waals surface area contributed by atoms with Crippen molar-refractivity contribution in [3.8, 4) is 0 Å². The minimum absolute atomic E-state index is 0.0855. The van der Waals surface area contributed by atoms with Crippen molar-refractivity contribution in [1.29, 1.82) is 0 Å². The molecular formula is C27H29ClF2N4O. The van der Waals surface area contributed by atoms with E-state index in [9.17, 15) is 13.6 Å². The zero-order valence-corrected chi connectivity index (χ0v) is 20.6. The smallest absolute Gasteiger partial charge is 0.255 e. The Hall–Kier alpha value is -3.16. The van der Waals surface area contributed by atoms with Crippen LogP contribution in [0, 0.1) is 11.6 Å². The predicted molar refractivity (Wildman–Crippen MR) is 137 cm³/mol. The Labute approximate surface area is 209 Å². The van der Waals surface area contributed by atoms with Crippen molar-refractivity contribution in [2.24, 2.45) is 0 Å². The van der Waals surface area contributed by atoms with Gasteiger partial charge in [0.15, 0.2) is 0 Å². The van der Waals surface area contributed by atoms with E-state index in [0.717, 1.165) is 43.1 Å². The summed E-state index contributed by atoms with van der Waals surface area (Å²) in [4.78, 5) is 19.4. The first-order chi connectivity index (χ1) is 16.8. The molecule has 4 rings (SSSR count). The molecule has 0 aliphatic carbocycles. The van der Waals surface area contributed by atoms with E-state index >= 15 is 0 Å². The first kappa shape index (κ1) is 24.9. The summed E-state index contributed by atoms with van der Waals surface area (Å²) in [6.45, 7) is 3.36. The van der Waals surface area contributed by atoms with Gasteiger partial charge < -0.3 is 15.1 Å². The average molecular weight is 499 g/mol. The molecule has 1 heterocycles. The Balaban J connectivity index is 1.50. The van der Waals surface area contributed by atoms with E-state index < -0.39 is 11.7 Å². The van der Waals surface area contributed by atoms with Crippen molar-refractivity contribution in [3.05, 3.63) is 94.5 Å². The van der Waals surface area contributed by atoms with Gasteiger partial charge in [0.1, 0.15) is 11.6 Å². The highest BCUT2D eigenvalue weighted by molar-refractivity contribution is 6.33. The molecule has 1 saturated heterocycles. The van der Waals surface area contributed by atoms with Crippen LogP contribution in [-0.4, -0.2) is 57.6 Å². The Morgan fingerprint density at radius 2 is 1.63 bits per heavy atom. The first-order valence-corrected chi connectivity index (χ1v) is 12.0. The minimum Gasteiger partial charge on any atom is -0.378 e. The molecule has 0 spiro atoms. The van der Waals surface area contributed by atoms with Gasteiger partial charge in [-0.1, -0.05) is 29.8 Å². The number of anilines is 2. The molecule has 3 aromatic carbocycles. The van der Waals surface area contributed by atoms with E-state index in [4.69, 9.17) is 11.6 Å². The fraction of sp³-hybridized carbons (Fsp3) is 0.296. The van der Waals surface area contributed by atoms with Crippen LogP contribution in [-0.2, 0) is 0 Å². The quantitative estimate of drug-likeness (QED) is 0.499. The molecule has 1 aliphatic heterocycles. The SMILES string of the molecule is CN(C)c1ccc([C@H](CNC(=O)c2c(F)cccc2Cl)N2CCN(c3ccc(F)cc3)CC2)cc1. The fourth-order valence-corrected chi connectivity index (χ4v) is 4.64. The number of halogens is 3. The number of nitrogens with zero attached hydrogens (tertiary/aromatic N) is 3. The number of rotatable bonds is 7. The zero-order chi connectivity index (χ0) is 24.9. The Bertz CT molecular complexity index is 1130. The summed E-state index contributed by atoms with van der Waals surface area (Å²) >= 11 is 6.09. The van der Waals surface area contributed by atoms with E-state index in [2.05, 4.69) is 27.2 Å². The highest BCUT2D eigenvalue weighted by atomic mass is 35.5. The number of carbonyl (C=O) groups is 1. The largest absolute Gasteiger partial charge is 0.378 e. The van der Waals surface area contributed by atoms with Crippen LogP contribution >= 0.6 is 11.6 Å². The number of hydrogen-bond acceptors (Lipinski definition) is 4. The summed E-state index contributed by atoms with van der Waals surface area (Å²) in [5.74, 6) is -1.43. The maximum atomic E-state index is 14.3. The van der Waals surface area contributed by atoms with Crippen LogP contribution in [0.15, 0.2) is 66.7 Å². The van der Waals surface area contributed by atoms with Crippen LogP contribution in [0.1, 0.15) is 22.0 Å². The van der Waals surface area contributed by atoms with Crippen molar-refractivity contribution in [1.82, 2.24) is 10.2 Å². The maximum absolute atomic E-state index is 14.3.